The topological polar surface area (TPSA) is 32.8 Å². The van der Waals surface area contributed by atoms with Crippen molar-refractivity contribution < 1.29 is 22.7 Å². The Morgan fingerprint density at radius 2 is 1.87 bits per heavy atom. The summed E-state index contributed by atoms with van der Waals surface area (Å²) in [6, 6.07) is 9.49. The van der Waals surface area contributed by atoms with Crippen LogP contribution in [0.3, 0.4) is 0 Å². The third-order valence-electron chi connectivity index (χ3n) is 5.71. The van der Waals surface area contributed by atoms with Crippen molar-refractivity contribution in [2.45, 2.75) is 38.5 Å². The SMILES string of the molecule is C#CCOc1cccc(N2Cc3c(cc(CN4CCCCC4)cc3C(F)(F)F)C2=O)c1. The number of alkyl halides is 3. The molecule has 1 fully saturated rings. The van der Waals surface area contributed by atoms with Gasteiger partial charge in [-0.05, 0) is 61.3 Å². The minimum Gasteiger partial charge on any atom is -0.481 e. The van der Waals surface area contributed by atoms with E-state index in [9.17, 15) is 18.0 Å². The number of benzene rings is 2. The lowest BCUT2D eigenvalue weighted by molar-refractivity contribution is -0.138. The molecule has 2 aromatic carbocycles. The number of piperidine rings is 1. The standard InChI is InChI=1S/C24H23F3N2O2/c1-2-11-31-19-8-6-7-18(14-19)29-16-21-20(23(29)30)12-17(13-22(21)24(25,26)27)15-28-9-4-3-5-10-28/h1,6-8,12-14H,3-5,9-11,15-16H2. The van der Waals surface area contributed by atoms with E-state index in [0.29, 0.717) is 23.5 Å². The van der Waals surface area contributed by atoms with Crippen molar-refractivity contribution in [1.29, 1.82) is 0 Å². The summed E-state index contributed by atoms with van der Waals surface area (Å²) in [5, 5.41) is 0. The Labute approximate surface area is 179 Å². The summed E-state index contributed by atoms with van der Waals surface area (Å²) in [6.07, 6.45) is 3.91. The van der Waals surface area contributed by atoms with E-state index < -0.39 is 17.6 Å². The molecule has 0 saturated carbocycles. The summed E-state index contributed by atoms with van der Waals surface area (Å²) in [4.78, 5) is 16.6. The van der Waals surface area contributed by atoms with E-state index in [1.807, 2.05) is 0 Å². The second kappa shape index (κ2) is 8.64. The molecule has 7 heteroatoms. The predicted molar refractivity (Wildman–Crippen MR) is 112 cm³/mol. The number of rotatable bonds is 5. The quantitative estimate of drug-likeness (QED) is 0.638. The smallest absolute Gasteiger partial charge is 0.416 e. The van der Waals surface area contributed by atoms with E-state index in [-0.39, 0.29) is 24.3 Å². The molecule has 162 valence electrons. The molecule has 0 unspecified atom stereocenters. The number of hydrogen-bond donors (Lipinski definition) is 0. The zero-order valence-corrected chi connectivity index (χ0v) is 17.0. The zero-order chi connectivity index (χ0) is 22.0. The van der Waals surface area contributed by atoms with Crippen molar-refractivity contribution in [3.05, 3.63) is 58.7 Å². The van der Waals surface area contributed by atoms with Gasteiger partial charge in [0.05, 0.1) is 12.1 Å². The molecule has 4 rings (SSSR count). The Morgan fingerprint density at radius 1 is 1.10 bits per heavy atom. The number of amides is 1. The molecule has 0 aliphatic carbocycles. The maximum Gasteiger partial charge on any atom is 0.416 e. The lowest BCUT2D eigenvalue weighted by atomic mass is 9.98. The van der Waals surface area contributed by atoms with Gasteiger partial charge in [0.25, 0.3) is 5.91 Å². The number of likely N-dealkylation sites (tertiary alicyclic amines) is 1. The van der Waals surface area contributed by atoms with Gasteiger partial charge in [-0.25, -0.2) is 0 Å². The summed E-state index contributed by atoms with van der Waals surface area (Å²) in [7, 11) is 0. The van der Waals surface area contributed by atoms with Crippen LogP contribution in [0.1, 0.15) is 46.3 Å². The zero-order valence-electron chi connectivity index (χ0n) is 17.0. The Bertz CT molecular complexity index is 1020. The van der Waals surface area contributed by atoms with Gasteiger partial charge in [0, 0.05) is 23.9 Å². The van der Waals surface area contributed by atoms with Gasteiger partial charge >= 0.3 is 6.18 Å². The Hall–Kier alpha value is -2.98. The molecule has 0 bridgehead atoms. The fourth-order valence-electron chi connectivity index (χ4n) is 4.26. The first kappa shape index (κ1) is 21.3. The molecule has 1 saturated heterocycles. The monoisotopic (exact) mass is 428 g/mol. The largest absolute Gasteiger partial charge is 0.481 e. The molecule has 2 aromatic rings. The number of ether oxygens (including phenoxy) is 1. The minimum absolute atomic E-state index is 0.0230. The highest BCUT2D eigenvalue weighted by Gasteiger charge is 2.40. The van der Waals surface area contributed by atoms with Crippen LogP contribution in [0, 0.1) is 12.3 Å². The van der Waals surface area contributed by atoms with Gasteiger partial charge in [-0.3, -0.25) is 9.69 Å². The van der Waals surface area contributed by atoms with Crippen molar-refractivity contribution in [3.63, 3.8) is 0 Å². The normalized spacial score (nSPS) is 16.8. The second-order valence-corrected chi connectivity index (χ2v) is 7.89. The summed E-state index contributed by atoms with van der Waals surface area (Å²) in [5.74, 6) is 2.38. The van der Waals surface area contributed by atoms with Crippen LogP contribution in [0.4, 0.5) is 18.9 Å². The van der Waals surface area contributed by atoms with Gasteiger partial charge in [0.2, 0.25) is 0 Å². The molecule has 0 spiro atoms. The molecule has 0 aromatic heterocycles. The van der Waals surface area contributed by atoms with Crippen LogP contribution in [0.25, 0.3) is 0 Å². The highest BCUT2D eigenvalue weighted by Crippen LogP contribution is 2.40. The van der Waals surface area contributed by atoms with Gasteiger partial charge in [-0.15, -0.1) is 6.42 Å². The van der Waals surface area contributed by atoms with E-state index in [4.69, 9.17) is 11.2 Å². The first-order valence-corrected chi connectivity index (χ1v) is 10.3. The van der Waals surface area contributed by atoms with Crippen molar-refractivity contribution in [2.24, 2.45) is 0 Å². The molecular formula is C24H23F3N2O2. The molecule has 2 heterocycles. The number of hydrogen-bond acceptors (Lipinski definition) is 3. The van der Waals surface area contributed by atoms with Crippen LogP contribution in [-0.4, -0.2) is 30.5 Å². The van der Waals surface area contributed by atoms with Gasteiger partial charge in [-0.2, -0.15) is 13.2 Å². The van der Waals surface area contributed by atoms with Crippen LogP contribution in [0.2, 0.25) is 0 Å². The van der Waals surface area contributed by atoms with Crippen molar-refractivity contribution in [3.8, 4) is 18.1 Å². The molecule has 4 nitrogen and oxygen atoms in total. The number of carbonyl (C=O) groups is 1. The number of nitrogens with zero attached hydrogens (tertiary/aromatic N) is 2. The molecule has 2 aliphatic heterocycles. The Balaban J connectivity index is 1.67. The van der Waals surface area contributed by atoms with E-state index in [2.05, 4.69) is 10.8 Å². The second-order valence-electron chi connectivity index (χ2n) is 7.89. The lowest BCUT2D eigenvalue weighted by Crippen LogP contribution is -2.29. The molecule has 0 radical (unpaired) electrons. The molecule has 1 amide bonds. The summed E-state index contributed by atoms with van der Waals surface area (Å²) < 4.78 is 47.0. The Morgan fingerprint density at radius 3 is 2.58 bits per heavy atom. The van der Waals surface area contributed by atoms with Crippen LogP contribution in [-0.2, 0) is 19.3 Å². The Kier molecular flexibility index (Phi) is 5.92. The van der Waals surface area contributed by atoms with Crippen molar-refractivity contribution in [2.75, 3.05) is 24.6 Å². The lowest BCUT2D eigenvalue weighted by Gasteiger charge is -2.27. The molecule has 31 heavy (non-hydrogen) atoms. The van der Waals surface area contributed by atoms with Crippen molar-refractivity contribution in [1.82, 2.24) is 4.90 Å². The molecular weight excluding hydrogens is 405 g/mol. The third kappa shape index (κ3) is 4.54. The van der Waals surface area contributed by atoms with Gasteiger partial charge < -0.3 is 9.64 Å². The first-order chi connectivity index (χ1) is 14.9. The van der Waals surface area contributed by atoms with Crippen LogP contribution >= 0.6 is 0 Å². The molecule has 0 atom stereocenters. The average molecular weight is 428 g/mol. The fraction of sp³-hybridized carbons (Fsp3) is 0.375. The summed E-state index contributed by atoms with van der Waals surface area (Å²) in [5.41, 5.74) is 0.412. The number of anilines is 1. The summed E-state index contributed by atoms with van der Waals surface area (Å²) >= 11 is 0. The van der Waals surface area contributed by atoms with E-state index in [1.165, 1.54) is 11.0 Å². The van der Waals surface area contributed by atoms with Crippen LogP contribution < -0.4 is 9.64 Å². The maximum absolute atomic E-state index is 13.9. The van der Waals surface area contributed by atoms with Crippen LogP contribution in [0.5, 0.6) is 5.75 Å². The number of halogens is 3. The van der Waals surface area contributed by atoms with Gasteiger partial charge in [0.15, 0.2) is 0 Å². The highest BCUT2D eigenvalue weighted by molar-refractivity contribution is 6.10. The average Bonchev–Trinajstić information content (AvgIpc) is 3.08. The van der Waals surface area contributed by atoms with E-state index in [1.54, 1.807) is 30.3 Å². The summed E-state index contributed by atoms with van der Waals surface area (Å²) in [6.45, 7) is 2.08. The number of fused-ring (bicyclic) bond motifs is 1. The minimum atomic E-state index is -4.53. The number of terminal acetylenes is 1. The van der Waals surface area contributed by atoms with Crippen LogP contribution in [0.15, 0.2) is 36.4 Å². The highest BCUT2D eigenvalue weighted by atomic mass is 19.4. The third-order valence-corrected chi connectivity index (χ3v) is 5.71. The van der Waals surface area contributed by atoms with Crippen molar-refractivity contribution >= 4 is 11.6 Å². The van der Waals surface area contributed by atoms with Gasteiger partial charge in [-0.1, -0.05) is 18.4 Å². The first-order valence-electron chi connectivity index (χ1n) is 10.3. The number of carbonyl (C=O) groups excluding carboxylic acids is 1. The van der Waals surface area contributed by atoms with E-state index in [0.717, 1.165) is 32.4 Å². The molecule has 0 N–H and O–H groups in total. The molecule has 2 aliphatic rings. The predicted octanol–water partition coefficient (Wildman–Crippen LogP) is 4.86. The van der Waals surface area contributed by atoms with E-state index >= 15 is 0 Å². The maximum atomic E-state index is 13.9. The fourth-order valence-corrected chi connectivity index (χ4v) is 4.26. The van der Waals surface area contributed by atoms with Gasteiger partial charge in [0.1, 0.15) is 12.4 Å².